The summed E-state index contributed by atoms with van der Waals surface area (Å²) in [4.78, 5) is 37.1. The normalized spacial score (nSPS) is 22.8. The van der Waals surface area contributed by atoms with E-state index in [-0.39, 0.29) is 36.8 Å². The number of esters is 1. The Morgan fingerprint density at radius 1 is 1.14 bits per heavy atom. The molecule has 1 aliphatic rings. The van der Waals surface area contributed by atoms with Gasteiger partial charge in [-0.05, 0) is 39.2 Å². The number of ether oxygens (including phenoxy) is 1. The Labute approximate surface area is 166 Å². The standard InChI is InChI=1S/C22H30N2O4/c1-22(2,3)28-20(26)14-17-12-8-5-9-13-19(25)24-18(15-23-21(17)27)16-10-6-4-7-11-16/h4-8,10-11,17-18H,9,12-15H2,1-3H3,(H,23,27)(H,24,25)/b8-5+/t17-,18-/m0/s1. The summed E-state index contributed by atoms with van der Waals surface area (Å²) < 4.78 is 5.37. The number of rotatable bonds is 3. The molecular formula is C22H30N2O4. The average molecular weight is 386 g/mol. The summed E-state index contributed by atoms with van der Waals surface area (Å²) in [7, 11) is 0. The first-order valence-corrected chi connectivity index (χ1v) is 9.73. The van der Waals surface area contributed by atoms with Gasteiger partial charge in [0.2, 0.25) is 11.8 Å². The van der Waals surface area contributed by atoms with E-state index in [0.717, 1.165) is 5.56 Å². The van der Waals surface area contributed by atoms with E-state index < -0.39 is 11.5 Å². The highest BCUT2D eigenvalue weighted by atomic mass is 16.6. The van der Waals surface area contributed by atoms with Crippen LogP contribution in [0.1, 0.15) is 58.1 Å². The highest BCUT2D eigenvalue weighted by Crippen LogP contribution is 2.18. The molecule has 1 heterocycles. The molecule has 0 bridgehead atoms. The third kappa shape index (κ3) is 7.55. The topological polar surface area (TPSA) is 84.5 Å². The molecule has 0 aliphatic carbocycles. The van der Waals surface area contributed by atoms with Crippen LogP contribution in [0.5, 0.6) is 0 Å². The van der Waals surface area contributed by atoms with Gasteiger partial charge in [-0.3, -0.25) is 14.4 Å². The summed E-state index contributed by atoms with van der Waals surface area (Å²) in [5.74, 6) is -1.16. The molecule has 6 heteroatoms. The number of carbonyl (C=O) groups is 3. The lowest BCUT2D eigenvalue weighted by atomic mass is 9.98. The molecule has 1 aliphatic heterocycles. The van der Waals surface area contributed by atoms with Crippen LogP contribution in [0.4, 0.5) is 0 Å². The van der Waals surface area contributed by atoms with Crippen molar-refractivity contribution < 1.29 is 19.1 Å². The van der Waals surface area contributed by atoms with Crippen LogP contribution < -0.4 is 10.6 Å². The predicted molar refractivity (Wildman–Crippen MR) is 107 cm³/mol. The van der Waals surface area contributed by atoms with Gasteiger partial charge in [0.05, 0.1) is 18.4 Å². The second kappa shape index (κ2) is 10.1. The quantitative estimate of drug-likeness (QED) is 0.618. The maximum Gasteiger partial charge on any atom is 0.307 e. The highest BCUT2D eigenvalue weighted by Gasteiger charge is 2.26. The van der Waals surface area contributed by atoms with Crippen molar-refractivity contribution in [3.05, 3.63) is 48.0 Å². The maximum absolute atomic E-state index is 12.7. The molecule has 2 atom stereocenters. The second-order valence-electron chi connectivity index (χ2n) is 8.01. The number of amides is 2. The number of hydrogen-bond acceptors (Lipinski definition) is 4. The summed E-state index contributed by atoms with van der Waals surface area (Å²) >= 11 is 0. The van der Waals surface area contributed by atoms with E-state index >= 15 is 0 Å². The Balaban J connectivity index is 2.11. The van der Waals surface area contributed by atoms with Gasteiger partial charge in [0.1, 0.15) is 5.60 Å². The lowest BCUT2D eigenvalue weighted by Gasteiger charge is -2.24. The van der Waals surface area contributed by atoms with Crippen LogP contribution in [0.2, 0.25) is 0 Å². The fraction of sp³-hybridized carbons (Fsp3) is 0.500. The van der Waals surface area contributed by atoms with Gasteiger partial charge >= 0.3 is 5.97 Å². The van der Waals surface area contributed by atoms with Gasteiger partial charge in [-0.25, -0.2) is 0 Å². The second-order valence-corrected chi connectivity index (χ2v) is 8.01. The maximum atomic E-state index is 12.7. The minimum absolute atomic E-state index is 0.0236. The van der Waals surface area contributed by atoms with E-state index in [4.69, 9.17) is 4.74 Å². The highest BCUT2D eigenvalue weighted by molar-refractivity contribution is 5.84. The van der Waals surface area contributed by atoms with Crippen LogP contribution in [0.3, 0.4) is 0 Å². The minimum atomic E-state index is -0.586. The van der Waals surface area contributed by atoms with E-state index in [9.17, 15) is 14.4 Å². The van der Waals surface area contributed by atoms with Gasteiger partial charge in [0.25, 0.3) is 0 Å². The molecule has 1 aromatic carbocycles. The molecule has 0 unspecified atom stereocenters. The molecule has 0 aromatic heterocycles. The molecule has 1 aromatic rings. The molecule has 2 N–H and O–H groups in total. The number of allylic oxidation sites excluding steroid dienone is 2. The molecule has 2 rings (SSSR count). The minimum Gasteiger partial charge on any atom is -0.460 e. The number of hydrogen-bond donors (Lipinski definition) is 2. The van der Waals surface area contributed by atoms with E-state index in [0.29, 0.717) is 19.3 Å². The van der Waals surface area contributed by atoms with Crippen molar-refractivity contribution in [2.75, 3.05) is 6.54 Å². The molecule has 0 spiro atoms. The van der Waals surface area contributed by atoms with Crippen LogP contribution in [-0.2, 0) is 19.1 Å². The summed E-state index contributed by atoms with van der Waals surface area (Å²) in [6, 6.07) is 9.22. The average Bonchev–Trinajstić information content (AvgIpc) is 2.62. The van der Waals surface area contributed by atoms with Crippen LogP contribution in [0.25, 0.3) is 0 Å². The van der Waals surface area contributed by atoms with E-state index in [1.807, 2.05) is 42.5 Å². The number of nitrogens with one attached hydrogen (secondary N) is 2. The third-order valence-electron chi connectivity index (χ3n) is 4.35. The Kier molecular flexibility index (Phi) is 7.79. The van der Waals surface area contributed by atoms with Gasteiger partial charge in [-0.2, -0.15) is 0 Å². The fourth-order valence-electron chi connectivity index (χ4n) is 3.01. The summed E-state index contributed by atoms with van der Waals surface area (Å²) in [5, 5.41) is 5.87. The molecule has 0 saturated heterocycles. The Morgan fingerprint density at radius 2 is 1.86 bits per heavy atom. The van der Waals surface area contributed by atoms with Gasteiger partial charge < -0.3 is 15.4 Å². The van der Waals surface area contributed by atoms with Crippen LogP contribution in [0, 0.1) is 5.92 Å². The Hall–Kier alpha value is -2.63. The lowest BCUT2D eigenvalue weighted by molar-refractivity contribution is -0.157. The van der Waals surface area contributed by atoms with E-state index in [1.165, 1.54) is 0 Å². The van der Waals surface area contributed by atoms with E-state index in [2.05, 4.69) is 10.6 Å². The lowest BCUT2D eigenvalue weighted by Crippen LogP contribution is -2.40. The number of carbonyl (C=O) groups excluding carboxylic acids is 3. The van der Waals surface area contributed by atoms with Crippen LogP contribution >= 0.6 is 0 Å². The molecule has 0 radical (unpaired) electrons. The Bertz CT molecular complexity index is 707. The summed E-state index contributed by atoms with van der Waals surface area (Å²) in [6.45, 7) is 5.68. The van der Waals surface area contributed by atoms with Gasteiger partial charge in [-0.1, -0.05) is 42.5 Å². The molecule has 0 saturated carbocycles. The van der Waals surface area contributed by atoms with Crippen LogP contribution in [-0.4, -0.2) is 29.9 Å². The number of benzene rings is 1. The molecule has 28 heavy (non-hydrogen) atoms. The Morgan fingerprint density at radius 3 is 2.54 bits per heavy atom. The van der Waals surface area contributed by atoms with E-state index in [1.54, 1.807) is 20.8 Å². The first kappa shape index (κ1) is 21.7. The fourth-order valence-corrected chi connectivity index (χ4v) is 3.01. The molecule has 0 fully saturated rings. The van der Waals surface area contributed by atoms with Crippen molar-refractivity contribution in [2.24, 2.45) is 5.92 Å². The first-order valence-electron chi connectivity index (χ1n) is 9.73. The van der Waals surface area contributed by atoms with Crippen molar-refractivity contribution in [1.29, 1.82) is 0 Å². The van der Waals surface area contributed by atoms with Crippen molar-refractivity contribution in [2.45, 2.75) is 58.1 Å². The molecular weight excluding hydrogens is 356 g/mol. The van der Waals surface area contributed by atoms with Crippen molar-refractivity contribution in [3.63, 3.8) is 0 Å². The first-order chi connectivity index (χ1) is 13.2. The summed E-state index contributed by atoms with van der Waals surface area (Å²) in [5.41, 5.74) is 0.338. The van der Waals surface area contributed by atoms with Gasteiger partial charge in [-0.15, -0.1) is 0 Å². The molecule has 6 nitrogen and oxygen atoms in total. The monoisotopic (exact) mass is 386 g/mol. The third-order valence-corrected chi connectivity index (χ3v) is 4.35. The zero-order valence-electron chi connectivity index (χ0n) is 16.9. The van der Waals surface area contributed by atoms with Crippen molar-refractivity contribution >= 4 is 17.8 Å². The SMILES string of the molecule is CC(C)(C)OC(=O)C[C@@H]1C/C=C/CCC(=O)N[C@H](c2ccccc2)CNC1=O. The van der Waals surface area contributed by atoms with Crippen molar-refractivity contribution in [3.8, 4) is 0 Å². The zero-order valence-corrected chi connectivity index (χ0v) is 16.9. The largest absolute Gasteiger partial charge is 0.460 e. The van der Waals surface area contributed by atoms with Gasteiger partial charge in [0.15, 0.2) is 0 Å². The zero-order chi connectivity index (χ0) is 20.6. The molecule has 152 valence electrons. The smallest absolute Gasteiger partial charge is 0.307 e. The summed E-state index contributed by atoms with van der Waals surface area (Å²) in [6.07, 6.45) is 5.17. The van der Waals surface area contributed by atoms with Gasteiger partial charge in [0, 0.05) is 13.0 Å². The van der Waals surface area contributed by atoms with Crippen LogP contribution in [0.15, 0.2) is 42.5 Å². The molecule has 2 amide bonds. The van der Waals surface area contributed by atoms with Crippen molar-refractivity contribution in [1.82, 2.24) is 10.6 Å². The predicted octanol–water partition coefficient (Wildman–Crippen LogP) is 3.05.